The molecule has 1 aromatic carbocycles. The first-order chi connectivity index (χ1) is 11.0. The summed E-state index contributed by atoms with van der Waals surface area (Å²) in [4.78, 5) is 15.6. The second kappa shape index (κ2) is 8.20. The minimum absolute atomic E-state index is 0.290. The molecule has 1 aromatic rings. The Morgan fingerprint density at radius 1 is 1.22 bits per heavy atom. The minimum atomic E-state index is 0.290. The maximum absolute atomic E-state index is 12.1. The van der Waals surface area contributed by atoms with Gasteiger partial charge in [-0.15, -0.1) is 0 Å². The van der Waals surface area contributed by atoms with Crippen LogP contribution in [0.5, 0.6) is 11.5 Å². The average Bonchev–Trinajstić information content (AvgIpc) is 2.54. The summed E-state index contributed by atoms with van der Waals surface area (Å²) in [7, 11) is 3.34. The molecular weight excluding hydrogens is 292 g/mol. The highest BCUT2D eigenvalue weighted by Crippen LogP contribution is 2.30. The molecule has 1 saturated heterocycles. The van der Waals surface area contributed by atoms with E-state index >= 15 is 0 Å². The Labute approximate surface area is 139 Å². The molecule has 0 bridgehead atoms. The van der Waals surface area contributed by atoms with Gasteiger partial charge in [0.05, 0.1) is 46.0 Å². The number of hydrogen-bond acceptors (Lipinski definition) is 3. The van der Waals surface area contributed by atoms with E-state index in [9.17, 15) is 4.79 Å². The van der Waals surface area contributed by atoms with Crippen LogP contribution < -0.4 is 14.4 Å². The van der Waals surface area contributed by atoms with Gasteiger partial charge < -0.3 is 19.3 Å². The summed E-state index contributed by atoms with van der Waals surface area (Å²) in [6.45, 7) is 8.71. The highest BCUT2D eigenvalue weighted by Gasteiger charge is 2.25. The number of ether oxygens (including phenoxy) is 2. The summed E-state index contributed by atoms with van der Waals surface area (Å²) < 4.78 is 10.9. The van der Waals surface area contributed by atoms with Gasteiger partial charge >= 0.3 is 0 Å². The van der Waals surface area contributed by atoms with Gasteiger partial charge in [0, 0.05) is 6.42 Å². The van der Waals surface area contributed by atoms with Gasteiger partial charge in [0.15, 0.2) is 11.5 Å². The molecule has 0 aliphatic carbocycles. The molecule has 1 amide bonds. The van der Waals surface area contributed by atoms with Crippen LogP contribution >= 0.6 is 0 Å². The molecule has 23 heavy (non-hydrogen) atoms. The van der Waals surface area contributed by atoms with Crippen molar-refractivity contribution in [2.45, 2.75) is 26.8 Å². The minimum Gasteiger partial charge on any atom is -0.493 e. The Morgan fingerprint density at radius 2 is 1.91 bits per heavy atom. The number of piperazine rings is 1. The van der Waals surface area contributed by atoms with Gasteiger partial charge in [0.2, 0.25) is 5.91 Å². The van der Waals surface area contributed by atoms with Crippen LogP contribution in [0.25, 0.3) is 0 Å². The van der Waals surface area contributed by atoms with Crippen molar-refractivity contribution in [1.82, 2.24) is 4.90 Å². The van der Waals surface area contributed by atoms with Gasteiger partial charge in [0.1, 0.15) is 6.54 Å². The highest BCUT2D eigenvalue weighted by molar-refractivity contribution is 5.76. The van der Waals surface area contributed by atoms with Crippen molar-refractivity contribution >= 4 is 5.91 Å². The van der Waals surface area contributed by atoms with Crippen molar-refractivity contribution in [3.8, 4) is 11.5 Å². The lowest BCUT2D eigenvalue weighted by Crippen LogP contribution is -3.13. The largest absolute Gasteiger partial charge is 0.493 e. The monoisotopic (exact) mass is 321 g/mol. The summed E-state index contributed by atoms with van der Waals surface area (Å²) in [6.07, 6.45) is 0.652. The van der Waals surface area contributed by atoms with E-state index in [1.807, 2.05) is 17.0 Å². The van der Waals surface area contributed by atoms with Crippen LogP contribution in [0.4, 0.5) is 0 Å². The van der Waals surface area contributed by atoms with Crippen molar-refractivity contribution < 1.29 is 19.2 Å². The number of amides is 1. The molecule has 0 aromatic heterocycles. The van der Waals surface area contributed by atoms with E-state index in [1.54, 1.807) is 14.2 Å². The Kier molecular flexibility index (Phi) is 6.28. The lowest BCUT2D eigenvalue weighted by atomic mass is 10.1. The van der Waals surface area contributed by atoms with Crippen molar-refractivity contribution in [2.24, 2.45) is 5.92 Å². The molecule has 1 fully saturated rings. The fourth-order valence-corrected chi connectivity index (χ4v) is 3.09. The molecule has 1 heterocycles. The molecule has 0 atom stereocenters. The SMILES string of the molecule is COc1cccc(C[NH+]2CCN(C(=O)CC(C)C)CC2)c1OC. The number of rotatable bonds is 6. The molecule has 2 rings (SSSR count). The standard InChI is InChI=1S/C18H28N2O3/c1-14(2)12-17(21)20-10-8-19(9-11-20)13-15-6-5-7-16(22-3)18(15)23-4/h5-7,14H,8-13H2,1-4H3/p+1. The number of carbonyl (C=O) groups excluding carboxylic acids is 1. The lowest BCUT2D eigenvalue weighted by Gasteiger charge is -2.33. The molecule has 0 radical (unpaired) electrons. The van der Waals surface area contributed by atoms with Crippen molar-refractivity contribution in [2.75, 3.05) is 40.4 Å². The summed E-state index contributed by atoms with van der Waals surface area (Å²) in [5.41, 5.74) is 1.16. The van der Waals surface area contributed by atoms with Gasteiger partial charge in [-0.3, -0.25) is 4.79 Å². The maximum atomic E-state index is 12.1. The third-order valence-corrected chi connectivity index (χ3v) is 4.33. The molecule has 5 heteroatoms. The second-order valence-corrected chi connectivity index (χ2v) is 6.56. The Balaban J connectivity index is 1.93. The van der Waals surface area contributed by atoms with Crippen LogP contribution in [-0.2, 0) is 11.3 Å². The normalized spacial score (nSPS) is 15.8. The summed E-state index contributed by atoms with van der Waals surface area (Å²) in [5, 5.41) is 0. The van der Waals surface area contributed by atoms with Crippen molar-refractivity contribution in [3.05, 3.63) is 23.8 Å². The number of benzene rings is 1. The van der Waals surface area contributed by atoms with Crippen LogP contribution in [0.1, 0.15) is 25.8 Å². The quantitative estimate of drug-likeness (QED) is 0.849. The zero-order valence-electron chi connectivity index (χ0n) is 14.7. The molecular formula is C18H29N2O3+. The van der Waals surface area contributed by atoms with Gasteiger partial charge in [-0.25, -0.2) is 0 Å². The van der Waals surface area contributed by atoms with E-state index in [-0.39, 0.29) is 5.91 Å². The molecule has 1 N–H and O–H groups in total. The van der Waals surface area contributed by atoms with Gasteiger partial charge in [-0.1, -0.05) is 19.9 Å². The number of carbonyl (C=O) groups is 1. The van der Waals surface area contributed by atoms with Crippen molar-refractivity contribution in [1.29, 1.82) is 0 Å². The third-order valence-electron chi connectivity index (χ3n) is 4.33. The van der Waals surface area contributed by atoms with E-state index in [4.69, 9.17) is 9.47 Å². The van der Waals surface area contributed by atoms with E-state index in [0.717, 1.165) is 49.8 Å². The van der Waals surface area contributed by atoms with Crippen LogP contribution in [0.2, 0.25) is 0 Å². The van der Waals surface area contributed by atoms with Crippen LogP contribution in [0.3, 0.4) is 0 Å². The number of quaternary nitrogens is 1. The zero-order chi connectivity index (χ0) is 16.8. The second-order valence-electron chi connectivity index (χ2n) is 6.56. The van der Waals surface area contributed by atoms with E-state index in [0.29, 0.717) is 12.3 Å². The highest BCUT2D eigenvalue weighted by atomic mass is 16.5. The molecule has 1 aliphatic rings. The molecule has 1 aliphatic heterocycles. The molecule has 128 valence electrons. The predicted octanol–water partition coefficient (Wildman–Crippen LogP) is 0.977. The topological polar surface area (TPSA) is 43.2 Å². The first-order valence-electron chi connectivity index (χ1n) is 8.36. The number of para-hydroxylation sites is 1. The van der Waals surface area contributed by atoms with E-state index in [2.05, 4.69) is 19.9 Å². The zero-order valence-corrected chi connectivity index (χ0v) is 14.7. The molecule has 5 nitrogen and oxygen atoms in total. The third kappa shape index (κ3) is 4.61. The number of nitrogens with zero attached hydrogens (tertiary/aromatic N) is 1. The summed E-state index contributed by atoms with van der Waals surface area (Å²) >= 11 is 0. The maximum Gasteiger partial charge on any atom is 0.223 e. The lowest BCUT2D eigenvalue weighted by molar-refractivity contribution is -0.917. The fraction of sp³-hybridized carbons (Fsp3) is 0.611. The molecule has 0 unspecified atom stereocenters. The van der Waals surface area contributed by atoms with Gasteiger partial charge in [-0.2, -0.15) is 0 Å². The Morgan fingerprint density at radius 3 is 2.48 bits per heavy atom. The predicted molar refractivity (Wildman–Crippen MR) is 90.0 cm³/mol. The van der Waals surface area contributed by atoms with Crippen LogP contribution in [0, 0.1) is 5.92 Å². The first-order valence-corrected chi connectivity index (χ1v) is 8.36. The number of nitrogens with one attached hydrogen (secondary N) is 1. The molecule has 0 saturated carbocycles. The number of hydrogen-bond donors (Lipinski definition) is 1. The van der Waals surface area contributed by atoms with E-state index in [1.165, 1.54) is 4.90 Å². The summed E-state index contributed by atoms with van der Waals surface area (Å²) in [5.74, 6) is 2.31. The Hall–Kier alpha value is -1.75. The van der Waals surface area contributed by atoms with Crippen molar-refractivity contribution in [3.63, 3.8) is 0 Å². The molecule has 0 spiro atoms. The van der Waals surface area contributed by atoms with Gasteiger partial charge in [0.25, 0.3) is 0 Å². The average molecular weight is 321 g/mol. The Bertz CT molecular complexity index is 523. The van der Waals surface area contributed by atoms with Gasteiger partial charge in [-0.05, 0) is 18.1 Å². The van der Waals surface area contributed by atoms with E-state index < -0.39 is 0 Å². The fourth-order valence-electron chi connectivity index (χ4n) is 3.09. The smallest absolute Gasteiger partial charge is 0.223 e. The summed E-state index contributed by atoms with van der Waals surface area (Å²) in [6, 6.07) is 6.00. The van der Waals surface area contributed by atoms with Crippen LogP contribution in [-0.4, -0.2) is 51.2 Å². The van der Waals surface area contributed by atoms with Crippen LogP contribution in [0.15, 0.2) is 18.2 Å². The number of methoxy groups -OCH3 is 2. The first kappa shape index (κ1) is 17.6.